The molecule has 1 saturated carbocycles. The van der Waals surface area contributed by atoms with Crippen LogP contribution in [0.2, 0.25) is 0 Å². The minimum atomic E-state index is -0.783. The van der Waals surface area contributed by atoms with Gasteiger partial charge in [-0.05, 0) is 12.8 Å². The number of hydrogen-bond donors (Lipinski definition) is 2. The molecule has 0 radical (unpaired) electrons. The van der Waals surface area contributed by atoms with Crippen molar-refractivity contribution in [3.8, 4) is 0 Å². The minimum absolute atomic E-state index is 0.114. The summed E-state index contributed by atoms with van der Waals surface area (Å²) < 4.78 is 13.9. The van der Waals surface area contributed by atoms with E-state index in [0.717, 1.165) is 31.7 Å². The van der Waals surface area contributed by atoms with E-state index < -0.39 is 16.4 Å². The molecule has 0 atom stereocenters. The highest BCUT2D eigenvalue weighted by molar-refractivity contribution is 5.36. The van der Waals surface area contributed by atoms with Crippen LogP contribution in [-0.4, -0.2) is 23.2 Å². The summed E-state index contributed by atoms with van der Waals surface area (Å²) in [5.41, 5.74) is -0.329. The van der Waals surface area contributed by atoms with Crippen LogP contribution in [-0.2, 0) is 6.54 Å². The van der Waals surface area contributed by atoms with Crippen LogP contribution in [0, 0.1) is 21.3 Å². The smallest absolute Gasteiger partial charge is 0.305 e. The fraction of sp³-hybridized carbons (Fsp3) is 0.571. The zero-order valence-electron chi connectivity index (χ0n) is 11.3. The van der Waals surface area contributed by atoms with Gasteiger partial charge in [-0.15, -0.1) is 0 Å². The zero-order chi connectivity index (χ0) is 14.6. The Morgan fingerprint density at radius 2 is 2.10 bits per heavy atom. The van der Waals surface area contributed by atoms with Crippen molar-refractivity contribution in [3.05, 3.63) is 39.7 Å². The molecular formula is C14H19FN2O3. The number of nitro benzene ring substituents is 1. The van der Waals surface area contributed by atoms with E-state index in [1.807, 2.05) is 0 Å². The maximum absolute atomic E-state index is 13.9. The molecular weight excluding hydrogens is 263 g/mol. The molecule has 20 heavy (non-hydrogen) atoms. The summed E-state index contributed by atoms with van der Waals surface area (Å²) in [4.78, 5) is 9.95. The van der Waals surface area contributed by atoms with Gasteiger partial charge in [0.2, 0.25) is 5.82 Å². The van der Waals surface area contributed by atoms with Crippen molar-refractivity contribution in [2.45, 2.75) is 32.2 Å². The highest BCUT2D eigenvalue weighted by atomic mass is 19.1. The fourth-order valence-electron chi connectivity index (χ4n) is 2.82. The second-order valence-electron chi connectivity index (χ2n) is 5.48. The van der Waals surface area contributed by atoms with Crippen LogP contribution < -0.4 is 5.32 Å². The summed E-state index contributed by atoms with van der Waals surface area (Å²) in [5, 5.41) is 23.3. The Balaban J connectivity index is 1.97. The van der Waals surface area contributed by atoms with Crippen molar-refractivity contribution in [2.24, 2.45) is 5.41 Å². The van der Waals surface area contributed by atoms with Crippen LogP contribution in [0.15, 0.2) is 18.2 Å². The monoisotopic (exact) mass is 282 g/mol. The van der Waals surface area contributed by atoms with Crippen molar-refractivity contribution < 1.29 is 14.4 Å². The van der Waals surface area contributed by atoms with Crippen LogP contribution >= 0.6 is 0 Å². The summed E-state index contributed by atoms with van der Waals surface area (Å²) in [7, 11) is 0. The molecule has 0 aliphatic heterocycles. The first-order chi connectivity index (χ1) is 9.58. The second-order valence-corrected chi connectivity index (χ2v) is 5.48. The molecule has 1 aliphatic rings. The lowest BCUT2D eigenvalue weighted by Gasteiger charge is -2.26. The quantitative estimate of drug-likeness (QED) is 0.620. The van der Waals surface area contributed by atoms with E-state index in [9.17, 15) is 19.6 Å². The summed E-state index contributed by atoms with van der Waals surface area (Å²) >= 11 is 0. The van der Waals surface area contributed by atoms with E-state index >= 15 is 0 Å². The Morgan fingerprint density at radius 1 is 1.40 bits per heavy atom. The predicted octanol–water partition coefficient (Wildman–Crippen LogP) is 2.38. The Morgan fingerprint density at radius 3 is 2.70 bits per heavy atom. The Bertz CT molecular complexity index is 487. The highest BCUT2D eigenvalue weighted by Gasteiger charge is 2.32. The molecule has 2 N–H and O–H groups in total. The molecule has 0 unspecified atom stereocenters. The topological polar surface area (TPSA) is 75.4 Å². The van der Waals surface area contributed by atoms with E-state index in [1.54, 1.807) is 0 Å². The summed E-state index contributed by atoms with van der Waals surface area (Å²) in [6.07, 6.45) is 4.14. The van der Waals surface area contributed by atoms with Gasteiger partial charge in [0.1, 0.15) is 0 Å². The van der Waals surface area contributed by atoms with Gasteiger partial charge in [0.15, 0.2) is 0 Å². The summed E-state index contributed by atoms with van der Waals surface area (Å²) in [6.45, 7) is 0.957. The molecule has 0 saturated heterocycles. The maximum Gasteiger partial charge on any atom is 0.305 e. The number of aliphatic hydroxyl groups excluding tert-OH is 1. The molecule has 1 aromatic rings. The number of nitro groups is 1. The van der Waals surface area contributed by atoms with Crippen LogP contribution in [0.25, 0.3) is 0 Å². The number of nitrogens with zero attached hydrogens (tertiary/aromatic N) is 1. The Hall–Kier alpha value is -1.53. The van der Waals surface area contributed by atoms with Crippen molar-refractivity contribution in [1.82, 2.24) is 5.32 Å². The first-order valence-electron chi connectivity index (χ1n) is 6.81. The van der Waals surface area contributed by atoms with E-state index in [0.29, 0.717) is 6.54 Å². The van der Waals surface area contributed by atoms with E-state index in [1.165, 1.54) is 12.1 Å². The molecule has 0 aromatic heterocycles. The summed E-state index contributed by atoms with van der Waals surface area (Å²) in [6, 6.07) is 4.18. The van der Waals surface area contributed by atoms with Crippen molar-refractivity contribution in [2.75, 3.05) is 13.2 Å². The molecule has 1 aliphatic carbocycles. The molecule has 0 spiro atoms. The second kappa shape index (κ2) is 6.28. The van der Waals surface area contributed by atoms with E-state index in [4.69, 9.17) is 0 Å². The Kier molecular flexibility index (Phi) is 4.67. The highest BCUT2D eigenvalue weighted by Crippen LogP contribution is 2.37. The van der Waals surface area contributed by atoms with Crippen molar-refractivity contribution in [1.29, 1.82) is 0 Å². The lowest BCUT2D eigenvalue weighted by molar-refractivity contribution is -0.387. The first kappa shape index (κ1) is 14.9. The van der Waals surface area contributed by atoms with Crippen LogP contribution in [0.5, 0.6) is 0 Å². The summed E-state index contributed by atoms with van der Waals surface area (Å²) in [5.74, 6) is -0.783. The molecule has 5 nitrogen and oxygen atoms in total. The van der Waals surface area contributed by atoms with Crippen LogP contribution in [0.1, 0.15) is 31.2 Å². The molecule has 2 rings (SSSR count). The first-order valence-corrected chi connectivity index (χ1v) is 6.81. The molecule has 1 aromatic carbocycles. The standard InChI is InChI=1S/C14H19FN2O3/c15-13-11(4-3-5-12(13)17(19)20)8-16-9-14(10-18)6-1-2-7-14/h3-5,16,18H,1-2,6-10H2. The SMILES string of the molecule is O=[N+]([O-])c1cccc(CNCC2(CO)CCCC2)c1F. The largest absolute Gasteiger partial charge is 0.396 e. The van der Waals surface area contributed by atoms with Crippen LogP contribution in [0.3, 0.4) is 0 Å². The zero-order valence-corrected chi connectivity index (χ0v) is 11.3. The molecule has 0 bridgehead atoms. The lowest BCUT2D eigenvalue weighted by atomic mass is 9.87. The van der Waals surface area contributed by atoms with Crippen molar-refractivity contribution >= 4 is 5.69 Å². The van der Waals surface area contributed by atoms with Crippen LogP contribution in [0.4, 0.5) is 10.1 Å². The maximum atomic E-state index is 13.9. The van der Waals surface area contributed by atoms with Gasteiger partial charge < -0.3 is 10.4 Å². The van der Waals surface area contributed by atoms with Crippen molar-refractivity contribution in [3.63, 3.8) is 0 Å². The third-order valence-electron chi connectivity index (χ3n) is 4.07. The Labute approximate surface area is 117 Å². The molecule has 0 amide bonds. The number of hydrogen-bond acceptors (Lipinski definition) is 4. The number of nitrogens with one attached hydrogen (secondary N) is 1. The molecule has 1 fully saturated rings. The fourth-order valence-corrected chi connectivity index (χ4v) is 2.82. The van der Waals surface area contributed by atoms with E-state index in [2.05, 4.69) is 5.32 Å². The average molecular weight is 282 g/mol. The molecule has 110 valence electrons. The van der Waals surface area contributed by atoms with Gasteiger partial charge in [0, 0.05) is 36.7 Å². The van der Waals surface area contributed by atoms with E-state index in [-0.39, 0.29) is 24.1 Å². The number of benzene rings is 1. The number of halogens is 1. The third-order valence-corrected chi connectivity index (χ3v) is 4.07. The molecule has 6 heteroatoms. The average Bonchev–Trinajstić information content (AvgIpc) is 2.90. The third kappa shape index (κ3) is 3.13. The lowest BCUT2D eigenvalue weighted by Crippen LogP contribution is -2.35. The van der Waals surface area contributed by atoms with Gasteiger partial charge in [-0.2, -0.15) is 4.39 Å². The predicted molar refractivity (Wildman–Crippen MR) is 72.7 cm³/mol. The van der Waals surface area contributed by atoms with Gasteiger partial charge in [0.05, 0.1) is 4.92 Å². The normalized spacial score (nSPS) is 17.3. The molecule has 0 heterocycles. The van der Waals surface area contributed by atoms with Gasteiger partial charge in [-0.25, -0.2) is 0 Å². The minimum Gasteiger partial charge on any atom is -0.396 e. The number of aliphatic hydroxyl groups is 1. The van der Waals surface area contributed by atoms with Gasteiger partial charge in [-0.3, -0.25) is 10.1 Å². The van der Waals surface area contributed by atoms with Gasteiger partial charge >= 0.3 is 5.69 Å². The number of rotatable bonds is 6. The van der Waals surface area contributed by atoms with Gasteiger partial charge in [0.25, 0.3) is 0 Å². The van der Waals surface area contributed by atoms with Gasteiger partial charge in [-0.1, -0.05) is 25.0 Å².